The molecule has 1 N–H and O–H groups in total. The molecule has 1 aromatic heterocycles. The molecule has 3 rings (SSSR count). The summed E-state index contributed by atoms with van der Waals surface area (Å²) in [6.45, 7) is 0.302. The first-order valence-electron chi connectivity index (χ1n) is 7.29. The third-order valence-electron chi connectivity index (χ3n) is 3.37. The first kappa shape index (κ1) is 16.7. The quantitative estimate of drug-likeness (QED) is 0.683. The zero-order valence-electron chi connectivity index (χ0n) is 12.6. The van der Waals surface area contributed by atoms with E-state index >= 15 is 0 Å². The van der Waals surface area contributed by atoms with Crippen LogP contribution in [0.2, 0.25) is 5.02 Å². The number of benzene rings is 2. The Bertz CT molecular complexity index is 955. The van der Waals surface area contributed by atoms with E-state index in [1.165, 1.54) is 12.1 Å². The van der Waals surface area contributed by atoms with Crippen molar-refractivity contribution < 1.29 is 13.2 Å². The van der Waals surface area contributed by atoms with Crippen molar-refractivity contribution in [2.24, 2.45) is 0 Å². The third kappa shape index (κ3) is 3.67. The highest BCUT2D eigenvalue weighted by Crippen LogP contribution is 2.23. The summed E-state index contributed by atoms with van der Waals surface area (Å²) in [7, 11) is -3.67. The first-order chi connectivity index (χ1) is 11.6. The predicted molar refractivity (Wildman–Crippen MR) is 93.9 cm³/mol. The number of aromatic nitrogens is 1. The van der Waals surface area contributed by atoms with Crippen molar-refractivity contribution in [3.63, 3.8) is 0 Å². The summed E-state index contributed by atoms with van der Waals surface area (Å²) in [5.74, 6) is 0.616. The largest absolute Gasteiger partial charge is 0.490 e. The van der Waals surface area contributed by atoms with Crippen LogP contribution in [0.5, 0.6) is 5.75 Å². The Labute approximate surface area is 145 Å². The number of ether oxygens (including phenoxy) is 1. The van der Waals surface area contributed by atoms with Crippen molar-refractivity contribution >= 4 is 32.5 Å². The predicted octanol–water partition coefficient (Wildman–Crippen LogP) is 3.25. The van der Waals surface area contributed by atoms with Gasteiger partial charge in [-0.3, -0.25) is 4.98 Å². The molecule has 7 heteroatoms. The minimum atomic E-state index is -3.67. The van der Waals surface area contributed by atoms with Crippen LogP contribution in [0.3, 0.4) is 0 Å². The molecule has 0 atom stereocenters. The van der Waals surface area contributed by atoms with Gasteiger partial charge in [-0.2, -0.15) is 0 Å². The van der Waals surface area contributed by atoms with Crippen molar-refractivity contribution in [1.82, 2.24) is 9.71 Å². The Kier molecular flexibility index (Phi) is 4.99. The number of nitrogens with zero attached hydrogens (tertiary/aromatic N) is 1. The minimum absolute atomic E-state index is 0.0542. The number of pyridine rings is 1. The van der Waals surface area contributed by atoms with E-state index in [0.29, 0.717) is 5.75 Å². The Morgan fingerprint density at radius 3 is 2.67 bits per heavy atom. The summed E-state index contributed by atoms with van der Waals surface area (Å²) in [5.41, 5.74) is 0.744. The molecule has 0 fully saturated rings. The van der Waals surface area contributed by atoms with E-state index in [-0.39, 0.29) is 23.1 Å². The van der Waals surface area contributed by atoms with E-state index in [1.807, 2.05) is 24.3 Å². The van der Waals surface area contributed by atoms with E-state index in [0.717, 1.165) is 10.9 Å². The van der Waals surface area contributed by atoms with Gasteiger partial charge in [-0.05, 0) is 24.3 Å². The number of hydrogen-bond acceptors (Lipinski definition) is 4. The van der Waals surface area contributed by atoms with E-state index in [2.05, 4.69) is 9.71 Å². The fraction of sp³-hybridized carbons (Fsp3) is 0.118. The smallest absolute Gasteiger partial charge is 0.242 e. The maximum absolute atomic E-state index is 12.2. The maximum atomic E-state index is 12.2. The Morgan fingerprint density at radius 2 is 1.83 bits per heavy atom. The van der Waals surface area contributed by atoms with Crippen molar-refractivity contribution in [2.45, 2.75) is 4.90 Å². The molecular weight excluding hydrogens is 348 g/mol. The standard InChI is InChI=1S/C17H15ClN2O3S/c18-14-7-1-2-9-16(14)24(21,22)20-11-12-23-15-8-3-5-13-6-4-10-19-17(13)15/h1-10,20H,11-12H2. The van der Waals surface area contributed by atoms with Crippen LogP contribution in [0.25, 0.3) is 10.9 Å². The molecule has 0 aliphatic heterocycles. The summed E-state index contributed by atoms with van der Waals surface area (Å²) >= 11 is 5.92. The van der Waals surface area contributed by atoms with Gasteiger partial charge in [0.2, 0.25) is 10.0 Å². The van der Waals surface area contributed by atoms with Gasteiger partial charge in [0, 0.05) is 18.1 Å². The van der Waals surface area contributed by atoms with Gasteiger partial charge < -0.3 is 4.74 Å². The highest BCUT2D eigenvalue weighted by molar-refractivity contribution is 7.89. The molecule has 0 radical (unpaired) electrons. The molecule has 124 valence electrons. The molecule has 0 aliphatic rings. The molecule has 0 unspecified atom stereocenters. The molecule has 0 bridgehead atoms. The average Bonchev–Trinajstić information content (AvgIpc) is 2.59. The van der Waals surface area contributed by atoms with E-state index in [4.69, 9.17) is 16.3 Å². The average molecular weight is 363 g/mol. The second-order valence-corrected chi connectivity index (χ2v) is 7.15. The SMILES string of the molecule is O=S(=O)(NCCOc1cccc2cccnc12)c1ccccc1Cl. The minimum Gasteiger partial charge on any atom is -0.490 e. The second-order valence-electron chi connectivity index (χ2n) is 5.01. The molecule has 3 aromatic rings. The number of nitrogens with one attached hydrogen (secondary N) is 1. The van der Waals surface area contributed by atoms with Crippen LogP contribution in [-0.2, 0) is 10.0 Å². The number of para-hydroxylation sites is 1. The van der Waals surface area contributed by atoms with Crippen LogP contribution in [-0.4, -0.2) is 26.6 Å². The van der Waals surface area contributed by atoms with Crippen molar-refractivity contribution in [1.29, 1.82) is 0 Å². The zero-order chi connectivity index (χ0) is 17.0. The monoisotopic (exact) mass is 362 g/mol. The molecule has 0 spiro atoms. The van der Waals surface area contributed by atoms with Crippen molar-refractivity contribution in [3.8, 4) is 5.75 Å². The van der Waals surface area contributed by atoms with Crippen LogP contribution in [0.4, 0.5) is 0 Å². The lowest BCUT2D eigenvalue weighted by Crippen LogP contribution is -2.28. The fourth-order valence-electron chi connectivity index (χ4n) is 2.27. The van der Waals surface area contributed by atoms with Crippen LogP contribution in [0.15, 0.2) is 65.7 Å². The highest BCUT2D eigenvalue weighted by Gasteiger charge is 2.16. The van der Waals surface area contributed by atoms with Gasteiger partial charge in [0.1, 0.15) is 22.8 Å². The number of rotatable bonds is 6. The molecule has 5 nitrogen and oxygen atoms in total. The number of hydrogen-bond donors (Lipinski definition) is 1. The summed E-state index contributed by atoms with van der Waals surface area (Å²) in [4.78, 5) is 4.34. The lowest BCUT2D eigenvalue weighted by molar-refractivity contribution is 0.326. The lowest BCUT2D eigenvalue weighted by Gasteiger charge is -2.10. The Balaban J connectivity index is 1.64. The zero-order valence-corrected chi connectivity index (χ0v) is 14.2. The summed E-state index contributed by atoms with van der Waals surface area (Å²) in [6, 6.07) is 15.7. The van der Waals surface area contributed by atoms with Crippen molar-refractivity contribution in [3.05, 3.63) is 65.8 Å². The van der Waals surface area contributed by atoms with Crippen LogP contribution < -0.4 is 9.46 Å². The normalized spacial score (nSPS) is 11.5. The van der Waals surface area contributed by atoms with Gasteiger partial charge in [0.25, 0.3) is 0 Å². The summed E-state index contributed by atoms with van der Waals surface area (Å²) in [6.07, 6.45) is 1.69. The van der Waals surface area contributed by atoms with Gasteiger partial charge in [0.15, 0.2) is 0 Å². The summed E-state index contributed by atoms with van der Waals surface area (Å²) in [5, 5.41) is 1.15. The molecule has 0 saturated heterocycles. The van der Waals surface area contributed by atoms with Crippen LogP contribution in [0, 0.1) is 0 Å². The third-order valence-corrected chi connectivity index (χ3v) is 5.33. The number of sulfonamides is 1. The molecule has 24 heavy (non-hydrogen) atoms. The molecule has 1 heterocycles. The Hall–Kier alpha value is -2.15. The molecule has 0 saturated carbocycles. The van der Waals surface area contributed by atoms with E-state index < -0.39 is 10.0 Å². The number of halogens is 1. The number of fused-ring (bicyclic) bond motifs is 1. The first-order valence-corrected chi connectivity index (χ1v) is 9.15. The lowest BCUT2D eigenvalue weighted by atomic mass is 10.2. The highest BCUT2D eigenvalue weighted by atomic mass is 35.5. The van der Waals surface area contributed by atoms with Gasteiger partial charge in [0.05, 0.1) is 5.02 Å². The molecule has 0 amide bonds. The maximum Gasteiger partial charge on any atom is 0.242 e. The van der Waals surface area contributed by atoms with Gasteiger partial charge >= 0.3 is 0 Å². The van der Waals surface area contributed by atoms with Crippen LogP contribution >= 0.6 is 11.6 Å². The molecular formula is C17H15ClN2O3S. The van der Waals surface area contributed by atoms with Gasteiger partial charge in [-0.15, -0.1) is 0 Å². The second kappa shape index (κ2) is 7.17. The fourth-order valence-corrected chi connectivity index (χ4v) is 3.80. The summed E-state index contributed by atoms with van der Waals surface area (Å²) < 4.78 is 32.6. The van der Waals surface area contributed by atoms with E-state index in [9.17, 15) is 8.42 Å². The topological polar surface area (TPSA) is 68.3 Å². The van der Waals surface area contributed by atoms with Gasteiger partial charge in [-0.1, -0.05) is 41.9 Å². The van der Waals surface area contributed by atoms with E-state index in [1.54, 1.807) is 24.4 Å². The molecule has 2 aromatic carbocycles. The van der Waals surface area contributed by atoms with Crippen molar-refractivity contribution in [2.75, 3.05) is 13.2 Å². The molecule has 0 aliphatic carbocycles. The van der Waals surface area contributed by atoms with Gasteiger partial charge in [-0.25, -0.2) is 13.1 Å². The van der Waals surface area contributed by atoms with Crippen LogP contribution in [0.1, 0.15) is 0 Å². The Morgan fingerprint density at radius 1 is 1.04 bits per heavy atom.